The summed E-state index contributed by atoms with van der Waals surface area (Å²) < 4.78 is 1.07. The number of hydrogen-bond acceptors (Lipinski definition) is 5. The molecule has 6 heteroatoms. The molecule has 0 saturated carbocycles. The number of aromatic carboxylic acids is 1. The van der Waals surface area contributed by atoms with E-state index in [-0.39, 0.29) is 5.56 Å². The maximum Gasteiger partial charge on any atom is 0.339 e. The van der Waals surface area contributed by atoms with Gasteiger partial charge in [0, 0.05) is 12.4 Å². The predicted molar refractivity (Wildman–Crippen MR) is 78.8 cm³/mol. The van der Waals surface area contributed by atoms with E-state index in [0.29, 0.717) is 10.8 Å². The first kappa shape index (κ1) is 12.6. The molecule has 0 unspecified atom stereocenters. The van der Waals surface area contributed by atoms with Crippen LogP contribution in [0.25, 0.3) is 10.2 Å². The summed E-state index contributed by atoms with van der Waals surface area (Å²) in [5.74, 6) is -1.02. The van der Waals surface area contributed by atoms with E-state index in [0.717, 1.165) is 10.2 Å². The monoisotopic (exact) mass is 285 g/mol. The maximum absolute atomic E-state index is 11.1. The number of carboxylic acids is 1. The van der Waals surface area contributed by atoms with Gasteiger partial charge in [-0.2, -0.15) is 0 Å². The van der Waals surface area contributed by atoms with Crippen molar-refractivity contribution in [1.29, 1.82) is 0 Å². The van der Waals surface area contributed by atoms with Crippen LogP contribution in [0.1, 0.15) is 15.9 Å². The lowest BCUT2D eigenvalue weighted by atomic mass is 10.2. The molecule has 0 aliphatic carbocycles. The normalized spacial score (nSPS) is 10.7. The second kappa shape index (κ2) is 4.90. The standard InChI is InChI=1S/C14H11N3O2S/c1-8-2-3-11-12(6-8)20-14(17-11)16-10-4-5-15-7-9(10)13(18)19/h2-7H,1H3,(H,18,19)(H,15,16,17). The minimum absolute atomic E-state index is 0.128. The van der Waals surface area contributed by atoms with E-state index in [1.807, 2.05) is 19.1 Å². The third-order valence-corrected chi connectivity index (χ3v) is 3.77. The van der Waals surface area contributed by atoms with Gasteiger partial charge in [-0.1, -0.05) is 17.4 Å². The molecular weight excluding hydrogens is 274 g/mol. The Morgan fingerprint density at radius 3 is 3.00 bits per heavy atom. The van der Waals surface area contributed by atoms with Crippen LogP contribution in [0.15, 0.2) is 36.7 Å². The van der Waals surface area contributed by atoms with Gasteiger partial charge in [0.25, 0.3) is 0 Å². The zero-order valence-corrected chi connectivity index (χ0v) is 11.4. The van der Waals surface area contributed by atoms with Crippen molar-refractivity contribution in [2.45, 2.75) is 6.92 Å². The van der Waals surface area contributed by atoms with E-state index >= 15 is 0 Å². The summed E-state index contributed by atoms with van der Waals surface area (Å²) in [6, 6.07) is 7.64. The fourth-order valence-electron chi connectivity index (χ4n) is 1.87. The van der Waals surface area contributed by atoms with Gasteiger partial charge in [-0.15, -0.1) is 0 Å². The van der Waals surface area contributed by atoms with Crippen LogP contribution in [0.2, 0.25) is 0 Å². The number of nitrogens with one attached hydrogen (secondary N) is 1. The number of pyridine rings is 1. The van der Waals surface area contributed by atoms with Crippen molar-refractivity contribution in [1.82, 2.24) is 9.97 Å². The molecule has 20 heavy (non-hydrogen) atoms. The molecule has 0 aliphatic rings. The van der Waals surface area contributed by atoms with Crippen molar-refractivity contribution in [2.75, 3.05) is 5.32 Å². The minimum Gasteiger partial charge on any atom is -0.478 e. The lowest BCUT2D eigenvalue weighted by Gasteiger charge is -2.05. The van der Waals surface area contributed by atoms with Crippen LogP contribution < -0.4 is 5.32 Å². The molecule has 0 aliphatic heterocycles. The van der Waals surface area contributed by atoms with Gasteiger partial charge in [0.1, 0.15) is 5.56 Å². The molecule has 2 aromatic heterocycles. The molecule has 0 radical (unpaired) electrons. The fourth-order valence-corrected chi connectivity index (χ4v) is 2.85. The molecule has 0 fully saturated rings. The average Bonchev–Trinajstić information content (AvgIpc) is 2.80. The molecule has 3 rings (SSSR count). The molecule has 2 heterocycles. The third kappa shape index (κ3) is 2.33. The number of thiazole rings is 1. The summed E-state index contributed by atoms with van der Waals surface area (Å²) in [6.07, 6.45) is 2.87. The fraction of sp³-hybridized carbons (Fsp3) is 0.0714. The summed E-state index contributed by atoms with van der Waals surface area (Å²) in [4.78, 5) is 19.4. The molecule has 0 bridgehead atoms. The van der Waals surface area contributed by atoms with Crippen LogP contribution in [-0.4, -0.2) is 21.0 Å². The number of rotatable bonds is 3. The molecule has 3 aromatic rings. The minimum atomic E-state index is -1.02. The van der Waals surface area contributed by atoms with Crippen molar-refractivity contribution in [3.05, 3.63) is 47.8 Å². The van der Waals surface area contributed by atoms with Crippen LogP contribution in [-0.2, 0) is 0 Å². The van der Waals surface area contributed by atoms with Gasteiger partial charge in [-0.25, -0.2) is 9.78 Å². The van der Waals surface area contributed by atoms with Gasteiger partial charge >= 0.3 is 5.97 Å². The van der Waals surface area contributed by atoms with Crippen LogP contribution in [0.4, 0.5) is 10.8 Å². The molecular formula is C14H11N3O2S. The highest BCUT2D eigenvalue weighted by Gasteiger charge is 2.11. The number of aromatic nitrogens is 2. The number of benzene rings is 1. The second-order valence-electron chi connectivity index (χ2n) is 4.34. The van der Waals surface area contributed by atoms with Gasteiger partial charge in [-0.3, -0.25) is 4.98 Å². The molecule has 5 nitrogen and oxygen atoms in total. The molecule has 0 atom stereocenters. The molecule has 0 spiro atoms. The van der Waals surface area contributed by atoms with E-state index < -0.39 is 5.97 Å². The highest BCUT2D eigenvalue weighted by atomic mass is 32.1. The lowest BCUT2D eigenvalue weighted by Crippen LogP contribution is -2.02. The summed E-state index contributed by atoms with van der Waals surface area (Å²) in [6.45, 7) is 2.03. The number of anilines is 2. The van der Waals surface area contributed by atoms with E-state index in [1.165, 1.54) is 23.1 Å². The Morgan fingerprint density at radius 2 is 2.20 bits per heavy atom. The first-order valence-electron chi connectivity index (χ1n) is 5.95. The molecule has 100 valence electrons. The summed E-state index contributed by atoms with van der Waals surface area (Å²) in [7, 11) is 0. The van der Waals surface area contributed by atoms with Crippen LogP contribution in [0.3, 0.4) is 0 Å². The second-order valence-corrected chi connectivity index (χ2v) is 5.37. The predicted octanol–water partition coefficient (Wildman–Crippen LogP) is 3.44. The zero-order chi connectivity index (χ0) is 14.1. The van der Waals surface area contributed by atoms with Gasteiger partial charge < -0.3 is 10.4 Å². The van der Waals surface area contributed by atoms with Gasteiger partial charge in [0.05, 0.1) is 15.9 Å². The Balaban J connectivity index is 1.99. The number of hydrogen-bond donors (Lipinski definition) is 2. The lowest BCUT2D eigenvalue weighted by molar-refractivity contribution is 0.0697. The number of nitrogens with zero attached hydrogens (tertiary/aromatic N) is 2. The average molecular weight is 285 g/mol. The summed E-state index contributed by atoms with van der Waals surface area (Å²) in [5, 5.41) is 12.8. The highest BCUT2D eigenvalue weighted by molar-refractivity contribution is 7.22. The number of carboxylic acid groups (broad SMARTS) is 1. The third-order valence-electron chi connectivity index (χ3n) is 2.84. The topological polar surface area (TPSA) is 75.1 Å². The first-order valence-corrected chi connectivity index (χ1v) is 6.76. The number of carbonyl (C=O) groups is 1. The van der Waals surface area contributed by atoms with Gasteiger partial charge in [0.15, 0.2) is 5.13 Å². The van der Waals surface area contributed by atoms with Crippen molar-refractivity contribution in [2.24, 2.45) is 0 Å². The van der Waals surface area contributed by atoms with Crippen molar-refractivity contribution < 1.29 is 9.90 Å². The van der Waals surface area contributed by atoms with Gasteiger partial charge in [0.2, 0.25) is 0 Å². The highest BCUT2D eigenvalue weighted by Crippen LogP contribution is 2.29. The zero-order valence-electron chi connectivity index (χ0n) is 10.6. The number of aryl methyl sites for hydroxylation is 1. The Bertz CT molecular complexity index is 798. The van der Waals surface area contributed by atoms with Crippen molar-refractivity contribution in [3.63, 3.8) is 0 Å². The van der Waals surface area contributed by atoms with Gasteiger partial charge in [-0.05, 0) is 30.7 Å². The van der Waals surface area contributed by atoms with Crippen LogP contribution in [0, 0.1) is 6.92 Å². The first-order chi connectivity index (χ1) is 9.63. The smallest absolute Gasteiger partial charge is 0.339 e. The Hall–Kier alpha value is -2.47. The molecule has 2 N–H and O–H groups in total. The summed E-state index contributed by atoms with van der Waals surface area (Å²) >= 11 is 1.49. The Morgan fingerprint density at radius 1 is 1.35 bits per heavy atom. The number of fused-ring (bicyclic) bond motifs is 1. The van der Waals surface area contributed by atoms with E-state index in [2.05, 4.69) is 21.4 Å². The molecule has 1 aromatic carbocycles. The van der Waals surface area contributed by atoms with E-state index in [1.54, 1.807) is 12.3 Å². The van der Waals surface area contributed by atoms with Crippen molar-refractivity contribution in [3.8, 4) is 0 Å². The summed E-state index contributed by atoms with van der Waals surface area (Å²) in [5.41, 5.74) is 2.68. The largest absolute Gasteiger partial charge is 0.478 e. The van der Waals surface area contributed by atoms with E-state index in [9.17, 15) is 4.79 Å². The molecule has 0 saturated heterocycles. The van der Waals surface area contributed by atoms with Crippen LogP contribution in [0.5, 0.6) is 0 Å². The molecule has 0 amide bonds. The maximum atomic E-state index is 11.1. The van der Waals surface area contributed by atoms with E-state index in [4.69, 9.17) is 5.11 Å². The SMILES string of the molecule is Cc1ccc2nc(Nc3ccncc3C(=O)O)sc2c1. The Kier molecular flexibility index (Phi) is 3.08. The quantitative estimate of drug-likeness (QED) is 0.771. The van der Waals surface area contributed by atoms with Crippen molar-refractivity contribution >= 4 is 38.3 Å². The van der Waals surface area contributed by atoms with Crippen LogP contribution >= 0.6 is 11.3 Å². The Labute approximate surface area is 118 Å².